The predicted molar refractivity (Wildman–Crippen MR) is 126 cm³/mol. The van der Waals surface area contributed by atoms with E-state index >= 15 is 0 Å². The van der Waals surface area contributed by atoms with Crippen molar-refractivity contribution in [2.45, 2.75) is 26.3 Å². The number of pyridine rings is 2. The summed E-state index contributed by atoms with van der Waals surface area (Å²) >= 11 is 1.50. The molecule has 3 aromatic heterocycles. The molecule has 1 atom stereocenters. The van der Waals surface area contributed by atoms with E-state index in [1.165, 1.54) is 11.3 Å². The summed E-state index contributed by atoms with van der Waals surface area (Å²) < 4.78 is 0. The molecule has 7 nitrogen and oxygen atoms in total. The van der Waals surface area contributed by atoms with Gasteiger partial charge in [-0.1, -0.05) is 18.2 Å². The summed E-state index contributed by atoms with van der Waals surface area (Å²) in [6, 6.07) is 16.1. The number of carbonyl (C=O) groups is 1. The number of hydrogen-bond donors (Lipinski definition) is 3. The van der Waals surface area contributed by atoms with Crippen molar-refractivity contribution in [3.05, 3.63) is 83.1 Å². The van der Waals surface area contributed by atoms with Crippen molar-refractivity contribution in [2.24, 2.45) is 0 Å². The molecule has 3 N–H and O–H groups in total. The summed E-state index contributed by atoms with van der Waals surface area (Å²) in [5.41, 5.74) is 2.75. The van der Waals surface area contributed by atoms with E-state index in [2.05, 4.69) is 25.6 Å². The number of carbonyl (C=O) groups excluding carboxylic acids is 1. The van der Waals surface area contributed by atoms with Crippen LogP contribution >= 0.6 is 11.3 Å². The van der Waals surface area contributed by atoms with E-state index in [1.54, 1.807) is 36.7 Å². The molecule has 0 unspecified atom stereocenters. The summed E-state index contributed by atoms with van der Waals surface area (Å²) in [5.74, 6) is 1.52. The number of phenols is 1. The Kier molecular flexibility index (Phi) is 6.42. The lowest BCUT2D eigenvalue weighted by molar-refractivity contribution is -0.121. The number of hydrogen-bond acceptors (Lipinski definition) is 7. The smallest absolute Gasteiger partial charge is 0.224 e. The first kappa shape index (κ1) is 21.5. The fourth-order valence-electron chi connectivity index (χ4n) is 3.14. The van der Waals surface area contributed by atoms with Crippen molar-refractivity contribution in [1.29, 1.82) is 0 Å². The average molecular weight is 446 g/mol. The van der Waals surface area contributed by atoms with Gasteiger partial charge in [-0.15, -0.1) is 11.3 Å². The van der Waals surface area contributed by atoms with Crippen LogP contribution in [0, 0.1) is 6.92 Å². The molecule has 8 heteroatoms. The highest BCUT2D eigenvalue weighted by atomic mass is 32.1. The molecule has 4 aromatic rings. The molecule has 0 fully saturated rings. The lowest BCUT2D eigenvalue weighted by atomic mass is 10.1. The quantitative estimate of drug-likeness (QED) is 0.379. The number of phenolic OH excluding ortho intramolecular Hbond substituents is 1. The lowest BCUT2D eigenvalue weighted by Gasteiger charge is -2.11. The van der Waals surface area contributed by atoms with E-state index in [4.69, 9.17) is 0 Å². The third-order valence-corrected chi connectivity index (χ3v) is 5.95. The highest BCUT2D eigenvalue weighted by molar-refractivity contribution is 7.15. The first-order valence-corrected chi connectivity index (χ1v) is 11.0. The topological polar surface area (TPSA) is 100 Å². The predicted octanol–water partition coefficient (Wildman–Crippen LogP) is 4.78. The second kappa shape index (κ2) is 9.57. The van der Waals surface area contributed by atoms with Crippen molar-refractivity contribution < 1.29 is 9.90 Å². The fraction of sp³-hybridized carbons (Fsp3) is 0.167. The van der Waals surface area contributed by atoms with Gasteiger partial charge in [0.05, 0.1) is 23.0 Å². The molecule has 0 saturated heterocycles. The molecule has 1 amide bonds. The van der Waals surface area contributed by atoms with Crippen molar-refractivity contribution in [1.82, 2.24) is 20.3 Å². The molecular formula is C24H23N5O2S. The minimum atomic E-state index is -0.226. The summed E-state index contributed by atoms with van der Waals surface area (Å²) in [6.07, 6.45) is 3.78. The molecule has 162 valence electrons. The zero-order valence-corrected chi connectivity index (χ0v) is 18.6. The van der Waals surface area contributed by atoms with Gasteiger partial charge in [0.15, 0.2) is 0 Å². The molecule has 0 aliphatic carbocycles. The summed E-state index contributed by atoms with van der Waals surface area (Å²) in [4.78, 5) is 26.8. The van der Waals surface area contributed by atoms with Gasteiger partial charge in [-0.3, -0.25) is 4.79 Å². The zero-order valence-electron chi connectivity index (χ0n) is 17.7. The van der Waals surface area contributed by atoms with Crippen LogP contribution < -0.4 is 10.6 Å². The second-order valence-corrected chi connectivity index (χ2v) is 8.51. The van der Waals surface area contributed by atoms with Gasteiger partial charge in [0, 0.05) is 12.4 Å². The van der Waals surface area contributed by atoms with Gasteiger partial charge in [-0.2, -0.15) is 0 Å². The van der Waals surface area contributed by atoms with Gasteiger partial charge < -0.3 is 15.7 Å². The van der Waals surface area contributed by atoms with Crippen LogP contribution in [0.3, 0.4) is 0 Å². The second-order valence-electron chi connectivity index (χ2n) is 7.45. The van der Waals surface area contributed by atoms with Gasteiger partial charge in [0.1, 0.15) is 22.4 Å². The van der Waals surface area contributed by atoms with Crippen LogP contribution in [0.2, 0.25) is 0 Å². The first-order valence-electron chi connectivity index (χ1n) is 10.2. The Morgan fingerprint density at radius 2 is 1.91 bits per heavy atom. The number of anilines is 2. The number of thiazole rings is 1. The normalized spacial score (nSPS) is 11.7. The number of aryl methyl sites for hydroxylation is 1. The first-order chi connectivity index (χ1) is 15.5. The minimum Gasteiger partial charge on any atom is -0.508 e. The SMILES string of the molecule is Cc1ccnc(Nc2cccc(-c3cnc([C@H](C)NC(=O)Cc4ccc(O)cc4)s3)n2)c1. The summed E-state index contributed by atoms with van der Waals surface area (Å²) in [5, 5.41) is 16.4. The number of nitrogens with one attached hydrogen (secondary N) is 2. The minimum absolute atomic E-state index is 0.102. The Morgan fingerprint density at radius 1 is 1.09 bits per heavy atom. The Balaban J connectivity index is 1.41. The van der Waals surface area contributed by atoms with Crippen molar-refractivity contribution in [2.75, 3.05) is 5.32 Å². The molecule has 0 bridgehead atoms. The van der Waals surface area contributed by atoms with Crippen LogP contribution in [0.5, 0.6) is 5.75 Å². The molecule has 0 spiro atoms. The summed E-state index contributed by atoms with van der Waals surface area (Å²) in [6.45, 7) is 3.92. The Hall–Kier alpha value is -3.78. The van der Waals surface area contributed by atoms with Gasteiger partial charge in [0.2, 0.25) is 5.91 Å². The van der Waals surface area contributed by atoms with Gasteiger partial charge in [-0.25, -0.2) is 15.0 Å². The van der Waals surface area contributed by atoms with E-state index in [-0.39, 0.29) is 24.1 Å². The lowest BCUT2D eigenvalue weighted by Crippen LogP contribution is -2.27. The van der Waals surface area contributed by atoms with E-state index in [9.17, 15) is 9.90 Å². The largest absolute Gasteiger partial charge is 0.508 e. The molecule has 4 rings (SSSR count). The van der Waals surface area contributed by atoms with Crippen LogP contribution in [0.15, 0.2) is 67.0 Å². The number of nitrogens with zero attached hydrogens (tertiary/aromatic N) is 3. The van der Waals surface area contributed by atoms with Crippen LogP contribution in [0.1, 0.15) is 29.1 Å². The maximum atomic E-state index is 12.4. The van der Waals surface area contributed by atoms with Crippen molar-refractivity contribution in [3.63, 3.8) is 0 Å². The standard InChI is InChI=1S/C24H23N5O2S/c1-15-10-11-25-22(12-15)29-21-5-3-4-19(28-21)20-14-26-24(32-20)16(2)27-23(31)13-17-6-8-18(30)9-7-17/h3-12,14,16,30H,13H2,1-2H3,(H,27,31)(H,25,28,29)/t16-/m0/s1. The van der Waals surface area contributed by atoms with Gasteiger partial charge in [0.25, 0.3) is 0 Å². The van der Waals surface area contributed by atoms with Crippen LogP contribution in [-0.2, 0) is 11.2 Å². The maximum Gasteiger partial charge on any atom is 0.224 e. The highest BCUT2D eigenvalue weighted by Crippen LogP contribution is 2.29. The van der Waals surface area contributed by atoms with Crippen molar-refractivity contribution in [3.8, 4) is 16.3 Å². The Morgan fingerprint density at radius 3 is 2.69 bits per heavy atom. The number of aromatic hydroxyl groups is 1. The number of amides is 1. The van der Waals surface area contributed by atoms with Crippen LogP contribution in [0.25, 0.3) is 10.6 Å². The molecule has 0 aliphatic rings. The van der Waals surface area contributed by atoms with Gasteiger partial charge >= 0.3 is 0 Å². The van der Waals surface area contributed by atoms with Crippen molar-refractivity contribution >= 4 is 28.9 Å². The third kappa shape index (κ3) is 5.47. The van der Waals surface area contributed by atoms with E-state index in [1.807, 2.05) is 44.2 Å². The number of benzene rings is 1. The Bertz CT molecular complexity index is 1220. The molecule has 32 heavy (non-hydrogen) atoms. The molecule has 3 heterocycles. The average Bonchev–Trinajstić information content (AvgIpc) is 3.26. The van der Waals surface area contributed by atoms with Crippen LogP contribution in [0.4, 0.5) is 11.6 Å². The highest BCUT2D eigenvalue weighted by Gasteiger charge is 2.15. The number of aromatic nitrogens is 3. The summed E-state index contributed by atoms with van der Waals surface area (Å²) in [7, 11) is 0. The molecular weight excluding hydrogens is 422 g/mol. The molecule has 0 saturated carbocycles. The molecule has 0 aliphatic heterocycles. The third-order valence-electron chi connectivity index (χ3n) is 4.75. The van der Waals surface area contributed by atoms with E-state index in [0.29, 0.717) is 5.82 Å². The monoisotopic (exact) mass is 445 g/mol. The maximum absolute atomic E-state index is 12.4. The van der Waals surface area contributed by atoms with E-state index in [0.717, 1.165) is 32.5 Å². The Labute approximate surface area is 190 Å². The molecule has 1 aromatic carbocycles. The fourth-order valence-corrected chi connectivity index (χ4v) is 4.03. The number of rotatable bonds is 7. The van der Waals surface area contributed by atoms with E-state index < -0.39 is 0 Å². The molecule has 0 radical (unpaired) electrons. The van der Waals surface area contributed by atoms with Crippen LogP contribution in [-0.4, -0.2) is 26.0 Å². The zero-order chi connectivity index (χ0) is 22.5. The van der Waals surface area contributed by atoms with Gasteiger partial charge in [-0.05, 0) is 61.4 Å².